The number of sulfonamides is 1. The maximum absolute atomic E-state index is 14.7. The minimum atomic E-state index is -4.22. The molecule has 15 heteroatoms. The molecule has 3 atom stereocenters. The van der Waals surface area contributed by atoms with Crippen LogP contribution in [0.1, 0.15) is 81.6 Å². The third kappa shape index (κ3) is 8.98. The predicted octanol–water partition coefficient (Wildman–Crippen LogP) is 6.64. The summed E-state index contributed by atoms with van der Waals surface area (Å²) >= 11 is 0. The Balaban J connectivity index is 1.25. The first kappa shape index (κ1) is 39.9. The highest BCUT2D eigenvalue weighted by molar-refractivity contribution is 7.92. The highest BCUT2D eigenvalue weighted by Crippen LogP contribution is 2.36. The molecule has 0 saturated carbocycles. The van der Waals surface area contributed by atoms with Crippen LogP contribution in [0.5, 0.6) is 5.88 Å². The normalized spacial score (nSPS) is 20.8. The Hall–Kier alpha value is -5.31. The Morgan fingerprint density at radius 1 is 0.965 bits per heavy atom. The first-order valence-electron chi connectivity index (χ1n) is 19.4. The fourth-order valence-corrected chi connectivity index (χ4v) is 9.04. The minimum absolute atomic E-state index is 0.0562. The van der Waals surface area contributed by atoms with Gasteiger partial charge in [-0.1, -0.05) is 45.0 Å². The number of aromatic nitrogens is 4. The number of anilines is 2. The van der Waals surface area contributed by atoms with Gasteiger partial charge in [0.05, 0.1) is 47.3 Å². The standard InChI is InChI=1S/C42H52N8O6S/c1-26-11-9-12-27(2)37(26)33-18-36-46-39(45-33)47-57(53,54)32-14-10-13-28(17-32)38(51)50(31(25-55-36)19-41(3,4)5)23-30-20-43-21-35(44-30)49-16-15-29-22-48(24-34(29)49)40(52)56-42(6,7)8/h9-14,17-18,20-21,29,31,34H,15-16,19,22-25H2,1-8H3,(H,45,46,47)/t29?,31-,34?/m1/s1. The number of nitrogens with zero attached hydrogens (tertiary/aromatic N) is 7. The molecular weight excluding hydrogens is 745 g/mol. The molecule has 7 rings (SSSR count). The number of carbonyl (C=O) groups excluding carboxylic acids is 2. The molecule has 57 heavy (non-hydrogen) atoms. The Labute approximate surface area is 335 Å². The van der Waals surface area contributed by atoms with Crippen molar-refractivity contribution < 1.29 is 27.5 Å². The lowest BCUT2D eigenvalue weighted by atomic mass is 9.87. The number of ether oxygens (including phenoxy) is 2. The van der Waals surface area contributed by atoms with Crippen LogP contribution in [-0.4, -0.2) is 94.1 Å². The van der Waals surface area contributed by atoms with Crippen LogP contribution >= 0.6 is 0 Å². The van der Waals surface area contributed by atoms with E-state index < -0.39 is 21.7 Å². The summed E-state index contributed by atoms with van der Waals surface area (Å²) in [5, 5.41) is 0. The third-order valence-electron chi connectivity index (χ3n) is 10.5. The van der Waals surface area contributed by atoms with Gasteiger partial charge in [-0.25, -0.2) is 27.9 Å². The minimum Gasteiger partial charge on any atom is -0.475 e. The zero-order valence-corrected chi connectivity index (χ0v) is 34.8. The summed E-state index contributed by atoms with van der Waals surface area (Å²) in [4.78, 5) is 52.0. The summed E-state index contributed by atoms with van der Waals surface area (Å²) in [5.41, 5.74) is 3.19. The SMILES string of the molecule is Cc1cccc(C)c1-c1cc2nc(n1)NS(=O)(=O)c1cccc(c1)C(=O)N(Cc1cncc(N3CCC4CN(C(=O)OC(C)(C)C)CC43)n1)[C@H](CC(C)(C)C)CO2. The Bertz CT molecular complexity index is 2270. The van der Waals surface area contributed by atoms with E-state index >= 15 is 0 Å². The van der Waals surface area contributed by atoms with Crippen molar-refractivity contribution >= 4 is 33.8 Å². The summed E-state index contributed by atoms with van der Waals surface area (Å²) in [5.74, 6) is 0.584. The van der Waals surface area contributed by atoms with Gasteiger partial charge in [-0.15, -0.1) is 0 Å². The summed E-state index contributed by atoms with van der Waals surface area (Å²) in [6.45, 7) is 17.9. The van der Waals surface area contributed by atoms with Crippen LogP contribution < -0.4 is 14.4 Å². The average Bonchev–Trinajstić information content (AvgIpc) is 3.73. The van der Waals surface area contributed by atoms with Crippen LogP contribution in [0.25, 0.3) is 11.3 Å². The second-order valence-corrected chi connectivity index (χ2v) is 19.2. The zero-order chi connectivity index (χ0) is 40.9. The van der Waals surface area contributed by atoms with Gasteiger partial charge in [0.2, 0.25) is 11.8 Å². The van der Waals surface area contributed by atoms with Gasteiger partial charge in [-0.2, -0.15) is 4.98 Å². The molecule has 302 valence electrons. The van der Waals surface area contributed by atoms with Crippen molar-refractivity contribution in [1.82, 2.24) is 29.7 Å². The number of hydrogen-bond donors (Lipinski definition) is 1. The molecule has 4 bridgehead atoms. The molecule has 14 nitrogen and oxygen atoms in total. The molecule has 2 fully saturated rings. The number of fused-ring (bicyclic) bond motifs is 5. The van der Waals surface area contributed by atoms with Gasteiger partial charge in [0, 0.05) is 42.7 Å². The van der Waals surface area contributed by atoms with Crippen molar-refractivity contribution in [1.29, 1.82) is 0 Å². The quantitative estimate of drug-likeness (QED) is 0.231. The van der Waals surface area contributed by atoms with E-state index in [9.17, 15) is 18.0 Å². The molecule has 4 aromatic rings. The lowest BCUT2D eigenvalue weighted by molar-refractivity contribution is 0.0284. The van der Waals surface area contributed by atoms with Gasteiger partial charge in [-0.05, 0) is 82.2 Å². The maximum atomic E-state index is 14.7. The van der Waals surface area contributed by atoms with Crippen LogP contribution in [-0.2, 0) is 21.3 Å². The molecule has 2 aromatic carbocycles. The smallest absolute Gasteiger partial charge is 0.410 e. The number of benzene rings is 2. The fraction of sp³-hybridized carbons (Fsp3) is 0.476. The second kappa shape index (κ2) is 15.2. The molecular formula is C42H52N8O6S. The van der Waals surface area contributed by atoms with Gasteiger partial charge in [-0.3, -0.25) is 9.78 Å². The molecule has 3 aliphatic rings. The Morgan fingerprint density at radius 2 is 1.70 bits per heavy atom. The third-order valence-corrected chi connectivity index (χ3v) is 11.9. The Morgan fingerprint density at radius 3 is 2.42 bits per heavy atom. The molecule has 2 amide bonds. The van der Waals surface area contributed by atoms with E-state index in [1.165, 1.54) is 12.1 Å². The van der Waals surface area contributed by atoms with E-state index in [-0.39, 0.29) is 64.8 Å². The molecule has 0 spiro atoms. The largest absolute Gasteiger partial charge is 0.475 e. The molecule has 5 heterocycles. The number of nitrogens with one attached hydrogen (secondary N) is 1. The summed E-state index contributed by atoms with van der Waals surface area (Å²) in [6.07, 6.45) is 4.50. The van der Waals surface area contributed by atoms with Crippen LogP contribution in [0.15, 0.2) is 65.8 Å². The van der Waals surface area contributed by atoms with Gasteiger partial charge in [0.25, 0.3) is 15.9 Å². The molecule has 0 radical (unpaired) electrons. The number of carbonyl (C=O) groups is 2. The van der Waals surface area contributed by atoms with E-state index in [1.807, 2.05) is 52.8 Å². The molecule has 2 saturated heterocycles. The average molecular weight is 797 g/mol. The number of likely N-dealkylation sites (tertiary alicyclic amines) is 1. The van der Waals surface area contributed by atoms with Crippen molar-refractivity contribution in [3.05, 3.63) is 83.3 Å². The number of amides is 2. The highest BCUT2D eigenvalue weighted by atomic mass is 32.2. The van der Waals surface area contributed by atoms with Crippen molar-refractivity contribution in [2.45, 2.75) is 97.4 Å². The van der Waals surface area contributed by atoms with E-state index in [0.29, 0.717) is 36.7 Å². The number of hydrogen-bond acceptors (Lipinski definition) is 11. The van der Waals surface area contributed by atoms with Crippen molar-refractivity contribution in [2.24, 2.45) is 11.3 Å². The van der Waals surface area contributed by atoms with Crippen molar-refractivity contribution in [3.8, 4) is 17.1 Å². The van der Waals surface area contributed by atoms with Crippen molar-refractivity contribution in [2.75, 3.05) is 35.9 Å². The number of aryl methyl sites for hydroxylation is 2. The first-order chi connectivity index (χ1) is 26.8. The van der Waals surface area contributed by atoms with Gasteiger partial charge in [0.15, 0.2) is 0 Å². The fourth-order valence-electron chi connectivity index (χ4n) is 8.05. The molecule has 0 aliphatic carbocycles. The van der Waals surface area contributed by atoms with Crippen LogP contribution in [0.3, 0.4) is 0 Å². The molecule has 1 N–H and O–H groups in total. The monoisotopic (exact) mass is 796 g/mol. The summed E-state index contributed by atoms with van der Waals surface area (Å²) in [7, 11) is -4.22. The van der Waals surface area contributed by atoms with E-state index in [1.54, 1.807) is 40.4 Å². The Kier molecular flexibility index (Phi) is 10.7. The van der Waals surface area contributed by atoms with Crippen LogP contribution in [0.4, 0.5) is 16.6 Å². The summed E-state index contributed by atoms with van der Waals surface area (Å²) < 4.78 is 42.3. The van der Waals surface area contributed by atoms with Gasteiger partial charge >= 0.3 is 6.09 Å². The first-order valence-corrected chi connectivity index (χ1v) is 20.9. The molecule has 3 aliphatic heterocycles. The van der Waals surface area contributed by atoms with Crippen LogP contribution in [0.2, 0.25) is 0 Å². The van der Waals surface area contributed by atoms with Gasteiger partial charge < -0.3 is 24.2 Å². The predicted molar refractivity (Wildman–Crippen MR) is 217 cm³/mol. The van der Waals surface area contributed by atoms with Crippen molar-refractivity contribution in [3.63, 3.8) is 0 Å². The lowest BCUT2D eigenvalue weighted by Crippen LogP contribution is -2.45. The second-order valence-electron chi connectivity index (χ2n) is 17.5. The van der Waals surface area contributed by atoms with E-state index in [2.05, 4.69) is 45.3 Å². The van der Waals surface area contributed by atoms with Crippen LogP contribution in [0, 0.1) is 25.2 Å². The lowest BCUT2D eigenvalue weighted by Gasteiger charge is -2.35. The highest BCUT2D eigenvalue weighted by Gasteiger charge is 2.44. The zero-order valence-electron chi connectivity index (χ0n) is 33.9. The van der Waals surface area contributed by atoms with E-state index in [0.717, 1.165) is 29.7 Å². The molecule has 2 unspecified atom stereocenters. The van der Waals surface area contributed by atoms with E-state index in [4.69, 9.17) is 14.5 Å². The number of rotatable bonds is 5. The van der Waals surface area contributed by atoms with Gasteiger partial charge in [0.1, 0.15) is 18.0 Å². The molecule has 2 aromatic heterocycles. The topological polar surface area (TPSA) is 160 Å². The summed E-state index contributed by atoms with van der Waals surface area (Å²) in [6, 6.07) is 13.2. The maximum Gasteiger partial charge on any atom is 0.410 e.